The van der Waals surface area contributed by atoms with Crippen LogP contribution in [0.3, 0.4) is 0 Å². The molecule has 3 N–H and O–H groups in total. The van der Waals surface area contributed by atoms with Gasteiger partial charge in [-0.05, 0) is 48.5 Å². The van der Waals surface area contributed by atoms with Gasteiger partial charge in [0.25, 0.3) is 11.8 Å². The van der Waals surface area contributed by atoms with Crippen molar-refractivity contribution in [2.45, 2.75) is 6.61 Å². The number of aromatic hydroxyl groups is 1. The highest BCUT2D eigenvalue weighted by atomic mass is 79.9. The fourth-order valence-electron chi connectivity index (χ4n) is 1.86. The molecule has 2 rings (SSSR count). The molecule has 0 spiro atoms. The zero-order chi connectivity index (χ0) is 19.1. The van der Waals surface area contributed by atoms with E-state index in [0.717, 1.165) is 6.08 Å². The summed E-state index contributed by atoms with van der Waals surface area (Å²) < 4.78 is 29.8. The number of rotatable bonds is 5. The van der Waals surface area contributed by atoms with Crippen molar-refractivity contribution in [1.82, 2.24) is 10.9 Å². The molecular weight excluding hydrogens is 414 g/mol. The van der Waals surface area contributed by atoms with E-state index >= 15 is 0 Å². The van der Waals surface area contributed by atoms with Crippen LogP contribution in [-0.2, 0) is 4.79 Å². The van der Waals surface area contributed by atoms with E-state index in [2.05, 4.69) is 31.5 Å². The predicted octanol–water partition coefficient (Wildman–Crippen LogP) is 3.23. The number of alkyl halides is 2. The lowest BCUT2D eigenvalue weighted by Crippen LogP contribution is -2.40. The zero-order valence-corrected chi connectivity index (χ0v) is 14.7. The predicted molar refractivity (Wildman–Crippen MR) is 93.5 cm³/mol. The quantitative estimate of drug-likeness (QED) is 0.505. The monoisotopic (exact) mass is 426 g/mol. The van der Waals surface area contributed by atoms with Crippen LogP contribution < -0.4 is 15.6 Å². The molecule has 0 radical (unpaired) electrons. The molecule has 0 aliphatic rings. The Hall–Kier alpha value is -2.94. The second-order valence-corrected chi connectivity index (χ2v) is 5.80. The van der Waals surface area contributed by atoms with Crippen LogP contribution >= 0.6 is 15.9 Å². The molecule has 2 amide bonds. The highest BCUT2D eigenvalue weighted by molar-refractivity contribution is 9.10. The average Bonchev–Trinajstić information content (AvgIpc) is 2.60. The fraction of sp³-hybridized carbons (Fsp3) is 0.0588. The Morgan fingerprint density at radius 2 is 1.81 bits per heavy atom. The van der Waals surface area contributed by atoms with Gasteiger partial charge in [-0.15, -0.1) is 0 Å². The van der Waals surface area contributed by atoms with Crippen LogP contribution in [0.15, 0.2) is 53.0 Å². The standard InChI is InChI=1S/C17H13BrF2N2O4/c18-12-4-7-14(26-17(19)20)11(9-12)3-8-15(24)21-22-16(25)10-1-5-13(23)6-2-10/h1-9,17,23H,(H,21,24)(H,22,25)/b8-3+. The molecule has 9 heteroatoms. The number of amides is 2. The van der Waals surface area contributed by atoms with Crippen molar-refractivity contribution in [1.29, 1.82) is 0 Å². The van der Waals surface area contributed by atoms with Crippen molar-refractivity contribution in [2.75, 3.05) is 0 Å². The summed E-state index contributed by atoms with van der Waals surface area (Å²) in [6, 6.07) is 9.76. The second kappa shape index (κ2) is 8.95. The van der Waals surface area contributed by atoms with E-state index in [-0.39, 0.29) is 22.6 Å². The summed E-state index contributed by atoms with van der Waals surface area (Å²) in [5.74, 6) is -1.36. The summed E-state index contributed by atoms with van der Waals surface area (Å²) in [5.41, 5.74) is 4.81. The molecule has 0 bridgehead atoms. The molecular formula is C17H13BrF2N2O4. The van der Waals surface area contributed by atoms with Crippen LogP contribution in [0.1, 0.15) is 15.9 Å². The number of carbonyl (C=O) groups excluding carboxylic acids is 2. The average molecular weight is 427 g/mol. The molecule has 2 aromatic rings. The van der Waals surface area contributed by atoms with Crippen molar-refractivity contribution in [3.05, 3.63) is 64.1 Å². The lowest BCUT2D eigenvalue weighted by molar-refractivity contribution is -0.117. The first-order valence-corrected chi connectivity index (χ1v) is 7.96. The first kappa shape index (κ1) is 19.4. The van der Waals surface area contributed by atoms with Crippen LogP contribution in [0.2, 0.25) is 0 Å². The molecule has 0 unspecified atom stereocenters. The third-order valence-corrected chi connectivity index (χ3v) is 3.52. The minimum atomic E-state index is -3.00. The Balaban J connectivity index is 1.98. The van der Waals surface area contributed by atoms with Crippen molar-refractivity contribution >= 4 is 33.8 Å². The molecule has 0 atom stereocenters. The number of hydrogen-bond donors (Lipinski definition) is 3. The second-order valence-electron chi connectivity index (χ2n) is 4.88. The van der Waals surface area contributed by atoms with Crippen molar-refractivity contribution in [3.8, 4) is 11.5 Å². The van der Waals surface area contributed by atoms with Gasteiger partial charge >= 0.3 is 6.61 Å². The smallest absolute Gasteiger partial charge is 0.387 e. The SMILES string of the molecule is O=C(/C=C/c1cc(Br)ccc1OC(F)F)NNC(=O)c1ccc(O)cc1. The van der Waals surface area contributed by atoms with E-state index < -0.39 is 18.4 Å². The maximum absolute atomic E-state index is 12.4. The Morgan fingerprint density at radius 3 is 2.46 bits per heavy atom. The maximum Gasteiger partial charge on any atom is 0.387 e. The van der Waals surface area contributed by atoms with Crippen molar-refractivity contribution in [2.24, 2.45) is 0 Å². The third kappa shape index (κ3) is 5.85. The van der Waals surface area contributed by atoms with E-state index in [1.165, 1.54) is 48.5 Å². The molecule has 0 fully saturated rings. The van der Waals surface area contributed by atoms with Gasteiger partial charge in [0.05, 0.1) is 0 Å². The highest BCUT2D eigenvalue weighted by Gasteiger charge is 2.09. The zero-order valence-electron chi connectivity index (χ0n) is 13.1. The summed E-state index contributed by atoms with van der Waals surface area (Å²) in [7, 11) is 0. The molecule has 0 saturated carbocycles. The molecule has 0 heterocycles. The number of hydrogen-bond acceptors (Lipinski definition) is 4. The summed E-state index contributed by atoms with van der Waals surface area (Å²) in [6.07, 6.45) is 2.32. The molecule has 0 aliphatic carbocycles. The number of phenolic OH excluding ortho intramolecular Hbond substituents is 1. The fourth-order valence-corrected chi connectivity index (χ4v) is 2.24. The van der Waals surface area contributed by atoms with Crippen LogP contribution in [-0.4, -0.2) is 23.5 Å². The largest absolute Gasteiger partial charge is 0.508 e. The number of ether oxygens (including phenoxy) is 1. The number of benzene rings is 2. The van der Waals surface area contributed by atoms with E-state index in [1.54, 1.807) is 0 Å². The normalized spacial score (nSPS) is 10.8. The van der Waals surface area contributed by atoms with Crippen LogP contribution in [0.25, 0.3) is 6.08 Å². The summed E-state index contributed by atoms with van der Waals surface area (Å²) in [4.78, 5) is 23.6. The molecule has 0 aromatic heterocycles. The highest BCUT2D eigenvalue weighted by Crippen LogP contribution is 2.25. The van der Waals surface area contributed by atoms with E-state index in [9.17, 15) is 18.4 Å². The van der Waals surface area contributed by atoms with Crippen molar-refractivity contribution in [3.63, 3.8) is 0 Å². The lowest BCUT2D eigenvalue weighted by Gasteiger charge is -2.08. The number of phenols is 1. The Bertz CT molecular complexity index is 826. The number of carbonyl (C=O) groups is 2. The van der Waals surface area contributed by atoms with Gasteiger partial charge in [0.1, 0.15) is 11.5 Å². The van der Waals surface area contributed by atoms with E-state index in [0.29, 0.717) is 4.47 Å². The number of hydrazine groups is 1. The summed E-state index contributed by atoms with van der Waals surface area (Å²) >= 11 is 3.20. The van der Waals surface area contributed by atoms with Gasteiger partial charge in [-0.1, -0.05) is 15.9 Å². The molecule has 136 valence electrons. The molecule has 0 aliphatic heterocycles. The molecule has 6 nitrogen and oxygen atoms in total. The Labute approximate surface area is 155 Å². The van der Waals surface area contributed by atoms with Gasteiger partial charge in [0.15, 0.2) is 0 Å². The van der Waals surface area contributed by atoms with Gasteiger partial charge in [-0.2, -0.15) is 8.78 Å². The lowest BCUT2D eigenvalue weighted by atomic mass is 10.2. The minimum absolute atomic E-state index is 0.00404. The first-order chi connectivity index (χ1) is 12.3. The topological polar surface area (TPSA) is 87.7 Å². The minimum Gasteiger partial charge on any atom is -0.508 e. The molecule has 2 aromatic carbocycles. The maximum atomic E-state index is 12.4. The van der Waals surface area contributed by atoms with Crippen LogP contribution in [0.5, 0.6) is 11.5 Å². The van der Waals surface area contributed by atoms with Crippen molar-refractivity contribution < 1.29 is 28.2 Å². The van der Waals surface area contributed by atoms with Gasteiger partial charge in [0.2, 0.25) is 0 Å². The Kier molecular flexibility index (Phi) is 6.67. The first-order valence-electron chi connectivity index (χ1n) is 7.17. The van der Waals surface area contributed by atoms with Crippen LogP contribution in [0.4, 0.5) is 8.78 Å². The van der Waals surface area contributed by atoms with E-state index in [1.807, 2.05) is 0 Å². The van der Waals surface area contributed by atoms with E-state index in [4.69, 9.17) is 5.11 Å². The summed E-state index contributed by atoms with van der Waals surface area (Å²) in [5, 5.41) is 9.16. The van der Waals surface area contributed by atoms with Gasteiger partial charge < -0.3 is 9.84 Å². The molecule has 26 heavy (non-hydrogen) atoms. The van der Waals surface area contributed by atoms with Gasteiger partial charge in [-0.3, -0.25) is 20.4 Å². The summed E-state index contributed by atoms with van der Waals surface area (Å²) in [6.45, 7) is -3.00. The van der Waals surface area contributed by atoms with Gasteiger partial charge in [0, 0.05) is 21.7 Å². The molecule has 0 saturated heterocycles. The van der Waals surface area contributed by atoms with Crippen LogP contribution in [0, 0.1) is 0 Å². The number of nitrogens with one attached hydrogen (secondary N) is 2. The third-order valence-electron chi connectivity index (χ3n) is 3.03. The Morgan fingerprint density at radius 1 is 1.12 bits per heavy atom. The number of halogens is 3. The van der Waals surface area contributed by atoms with Gasteiger partial charge in [-0.25, -0.2) is 0 Å².